The van der Waals surface area contributed by atoms with Gasteiger partial charge >= 0.3 is 7.12 Å². The van der Waals surface area contributed by atoms with Gasteiger partial charge in [-0.25, -0.2) is 0 Å². The monoisotopic (exact) mass is 296 g/mol. The van der Waals surface area contributed by atoms with Crippen molar-refractivity contribution in [2.75, 3.05) is 0 Å². The van der Waals surface area contributed by atoms with Crippen molar-refractivity contribution >= 4 is 35.8 Å². The lowest BCUT2D eigenvalue weighted by Gasteiger charge is -2.12. The molecule has 2 N–H and O–H groups in total. The first-order chi connectivity index (χ1) is 9.09. The molecule has 0 unspecified atom stereocenters. The third-order valence-corrected chi connectivity index (χ3v) is 3.31. The van der Waals surface area contributed by atoms with Crippen LogP contribution < -0.4 is 10.2 Å². The maximum Gasteiger partial charge on any atom is 0.491 e. The molecule has 0 aliphatic rings. The van der Waals surface area contributed by atoms with Crippen molar-refractivity contribution in [2.24, 2.45) is 0 Å². The van der Waals surface area contributed by atoms with Crippen LogP contribution in [0.4, 0.5) is 0 Å². The Morgan fingerprint density at radius 2 is 1.68 bits per heavy atom. The predicted octanol–water partition coefficient (Wildman–Crippen LogP) is 2.25. The summed E-state index contributed by atoms with van der Waals surface area (Å²) in [7, 11) is -1.74. The van der Waals surface area contributed by atoms with Crippen molar-refractivity contribution in [3.05, 3.63) is 58.1 Å². The van der Waals surface area contributed by atoms with Gasteiger partial charge < -0.3 is 14.8 Å². The maximum atomic E-state index is 9.23. The highest BCUT2D eigenvalue weighted by Gasteiger charge is 2.22. The third kappa shape index (κ3) is 3.42. The molecule has 3 nitrogen and oxygen atoms in total. The van der Waals surface area contributed by atoms with Gasteiger partial charge in [-0.1, -0.05) is 53.5 Å². The summed E-state index contributed by atoms with van der Waals surface area (Å²) in [5.41, 5.74) is 1.04. The van der Waals surface area contributed by atoms with E-state index in [9.17, 15) is 10.0 Å². The summed E-state index contributed by atoms with van der Waals surface area (Å²) in [6, 6.07) is 12.7. The summed E-state index contributed by atoms with van der Waals surface area (Å²) in [6.45, 7) is 0.336. The lowest BCUT2D eigenvalue weighted by atomic mass is 9.80. The van der Waals surface area contributed by atoms with Crippen LogP contribution in [0, 0.1) is 0 Å². The molecule has 0 radical (unpaired) electrons. The molecule has 0 amide bonds. The van der Waals surface area contributed by atoms with Gasteiger partial charge in [0, 0.05) is 10.5 Å². The molecule has 2 aromatic carbocycles. The minimum atomic E-state index is -1.74. The zero-order valence-corrected chi connectivity index (χ0v) is 11.4. The molecule has 0 bridgehead atoms. The molecule has 0 aromatic heterocycles. The first-order valence-corrected chi connectivity index (χ1v) is 6.36. The fourth-order valence-electron chi connectivity index (χ4n) is 1.63. The van der Waals surface area contributed by atoms with Gasteiger partial charge in [-0.2, -0.15) is 0 Å². The van der Waals surface area contributed by atoms with E-state index in [0.717, 1.165) is 5.56 Å². The minimum absolute atomic E-state index is 0.0499. The van der Waals surface area contributed by atoms with E-state index in [2.05, 4.69) is 0 Å². The Bertz CT molecular complexity index is 561. The maximum absolute atomic E-state index is 9.23. The molecule has 98 valence electrons. The Morgan fingerprint density at radius 3 is 2.32 bits per heavy atom. The van der Waals surface area contributed by atoms with Crippen LogP contribution in [-0.4, -0.2) is 17.2 Å². The molecule has 6 heteroatoms. The second-order valence-corrected chi connectivity index (χ2v) is 4.71. The van der Waals surface area contributed by atoms with Crippen molar-refractivity contribution in [1.29, 1.82) is 0 Å². The number of benzene rings is 2. The van der Waals surface area contributed by atoms with E-state index in [0.29, 0.717) is 12.4 Å². The number of halogens is 2. The van der Waals surface area contributed by atoms with Gasteiger partial charge in [0.05, 0.1) is 5.02 Å². The van der Waals surface area contributed by atoms with Crippen LogP contribution in [0.2, 0.25) is 10.0 Å². The van der Waals surface area contributed by atoms with E-state index in [1.165, 1.54) is 6.07 Å². The molecule has 2 aromatic rings. The quantitative estimate of drug-likeness (QED) is 0.851. The van der Waals surface area contributed by atoms with E-state index < -0.39 is 7.12 Å². The van der Waals surface area contributed by atoms with Crippen molar-refractivity contribution in [3.63, 3.8) is 0 Å². The standard InChI is InChI=1S/C13H11BCl2O3/c15-10-6-7-11(13(16)12(10)14(17)18)19-8-9-4-2-1-3-5-9/h1-7,17-18H,8H2. The Labute approximate surface area is 121 Å². The molecular weight excluding hydrogens is 286 g/mol. The van der Waals surface area contributed by atoms with Gasteiger partial charge in [-0.15, -0.1) is 0 Å². The van der Waals surface area contributed by atoms with Crippen LogP contribution in [0.15, 0.2) is 42.5 Å². The third-order valence-electron chi connectivity index (χ3n) is 2.59. The molecule has 0 fully saturated rings. The summed E-state index contributed by atoms with van der Waals surface area (Å²) >= 11 is 11.9. The largest absolute Gasteiger partial charge is 0.491 e. The smallest absolute Gasteiger partial charge is 0.487 e. The zero-order chi connectivity index (χ0) is 13.8. The molecule has 0 spiro atoms. The van der Waals surface area contributed by atoms with E-state index in [1.54, 1.807) is 6.07 Å². The van der Waals surface area contributed by atoms with Crippen LogP contribution in [0.3, 0.4) is 0 Å². The summed E-state index contributed by atoms with van der Waals surface area (Å²) in [4.78, 5) is 0. The minimum Gasteiger partial charge on any atom is -0.487 e. The van der Waals surface area contributed by atoms with Crippen LogP contribution in [0.5, 0.6) is 5.75 Å². The molecule has 2 rings (SSSR count). The van der Waals surface area contributed by atoms with Gasteiger partial charge in [0.25, 0.3) is 0 Å². The molecule has 0 atom stereocenters. The lowest BCUT2D eigenvalue weighted by Crippen LogP contribution is -2.32. The van der Waals surface area contributed by atoms with Crippen molar-refractivity contribution in [1.82, 2.24) is 0 Å². The zero-order valence-electron chi connectivity index (χ0n) is 9.88. The van der Waals surface area contributed by atoms with Crippen LogP contribution in [0.25, 0.3) is 0 Å². The fourth-order valence-corrected chi connectivity index (χ4v) is 2.25. The molecule has 0 saturated heterocycles. The summed E-state index contributed by atoms with van der Waals surface area (Å²) in [5.74, 6) is 0.359. The normalized spacial score (nSPS) is 10.3. The topological polar surface area (TPSA) is 49.7 Å². The molecule has 0 saturated carbocycles. The summed E-state index contributed by atoms with van der Waals surface area (Å²) < 4.78 is 5.56. The highest BCUT2D eigenvalue weighted by molar-refractivity contribution is 6.66. The van der Waals surface area contributed by atoms with Crippen LogP contribution in [0.1, 0.15) is 5.56 Å². The second kappa shape index (κ2) is 6.30. The van der Waals surface area contributed by atoms with E-state index >= 15 is 0 Å². The van der Waals surface area contributed by atoms with Crippen molar-refractivity contribution < 1.29 is 14.8 Å². The molecule has 0 heterocycles. The van der Waals surface area contributed by atoms with Gasteiger partial charge in [-0.3, -0.25) is 0 Å². The summed E-state index contributed by atoms with van der Waals surface area (Å²) in [5, 5.41) is 18.7. The van der Waals surface area contributed by atoms with Gasteiger partial charge in [-0.05, 0) is 17.7 Å². The average Bonchev–Trinajstić information content (AvgIpc) is 2.38. The van der Waals surface area contributed by atoms with Gasteiger partial charge in [0.1, 0.15) is 12.4 Å². The number of hydrogen-bond donors (Lipinski definition) is 2. The SMILES string of the molecule is OB(O)c1c(Cl)ccc(OCc2ccccc2)c1Cl. The van der Waals surface area contributed by atoms with E-state index in [4.69, 9.17) is 27.9 Å². The number of rotatable bonds is 4. The van der Waals surface area contributed by atoms with Crippen molar-refractivity contribution in [3.8, 4) is 5.75 Å². The highest BCUT2D eigenvalue weighted by Crippen LogP contribution is 2.26. The predicted molar refractivity (Wildman–Crippen MR) is 77.1 cm³/mol. The lowest BCUT2D eigenvalue weighted by molar-refractivity contribution is 0.306. The number of ether oxygens (including phenoxy) is 1. The van der Waals surface area contributed by atoms with Gasteiger partial charge in [0.15, 0.2) is 0 Å². The van der Waals surface area contributed by atoms with Gasteiger partial charge in [0.2, 0.25) is 0 Å². The van der Waals surface area contributed by atoms with E-state index in [1.807, 2.05) is 30.3 Å². The molecular formula is C13H11BCl2O3. The van der Waals surface area contributed by atoms with E-state index in [-0.39, 0.29) is 15.5 Å². The first kappa shape index (κ1) is 14.2. The first-order valence-electron chi connectivity index (χ1n) is 5.60. The number of hydrogen-bond acceptors (Lipinski definition) is 3. The Balaban J connectivity index is 2.20. The average molecular weight is 297 g/mol. The van der Waals surface area contributed by atoms with Crippen LogP contribution in [-0.2, 0) is 6.61 Å². The fraction of sp³-hybridized carbons (Fsp3) is 0.0769. The summed E-state index contributed by atoms with van der Waals surface area (Å²) in [6.07, 6.45) is 0. The highest BCUT2D eigenvalue weighted by atomic mass is 35.5. The Hall–Kier alpha value is -1.20. The van der Waals surface area contributed by atoms with Crippen LogP contribution >= 0.6 is 23.2 Å². The Morgan fingerprint density at radius 1 is 1.00 bits per heavy atom. The second-order valence-electron chi connectivity index (χ2n) is 3.92. The van der Waals surface area contributed by atoms with Crippen molar-refractivity contribution in [2.45, 2.75) is 6.61 Å². The molecule has 19 heavy (non-hydrogen) atoms. The molecule has 0 aliphatic carbocycles. The Kier molecular flexibility index (Phi) is 4.72. The molecule has 0 aliphatic heterocycles.